The summed E-state index contributed by atoms with van der Waals surface area (Å²) < 4.78 is 2.35. The van der Waals surface area contributed by atoms with Crippen LogP contribution in [0.15, 0.2) is 66.9 Å². The van der Waals surface area contributed by atoms with Crippen molar-refractivity contribution in [3.8, 4) is 0 Å². The number of pyridine rings is 1. The average molecular weight is 345 g/mol. The van der Waals surface area contributed by atoms with Crippen LogP contribution in [0.3, 0.4) is 0 Å². The summed E-state index contributed by atoms with van der Waals surface area (Å²) in [6.45, 7) is 13.6. The van der Waals surface area contributed by atoms with Gasteiger partial charge in [-0.15, -0.1) is 0 Å². The van der Waals surface area contributed by atoms with Crippen LogP contribution in [0.5, 0.6) is 0 Å². The van der Waals surface area contributed by atoms with Crippen LogP contribution in [0.25, 0.3) is 22.4 Å². The molecule has 0 N–H and O–H groups in total. The van der Waals surface area contributed by atoms with Crippen molar-refractivity contribution >= 4 is 22.4 Å². The number of hydrogen-bond acceptors (Lipinski definition) is 0. The second kappa shape index (κ2) is 6.72. The Kier molecular flexibility index (Phi) is 4.75. The molecule has 134 valence electrons. The first-order valence-electron chi connectivity index (χ1n) is 9.39. The summed E-state index contributed by atoms with van der Waals surface area (Å²) in [6.07, 6.45) is 4.54. The van der Waals surface area contributed by atoms with Gasteiger partial charge >= 0.3 is 0 Å². The van der Waals surface area contributed by atoms with Crippen LogP contribution in [0, 0.1) is 5.41 Å². The Morgan fingerprint density at radius 1 is 0.769 bits per heavy atom. The molecule has 1 aromatic heterocycles. The standard InChI is InChI=1S/C25H30N/c1-24(2,3)23(18-20-14-9-10-17-26(20)25(4,5)6)22-16-11-13-19-12-7-8-15-21(19)22/h7-18H,1-6H3/q+1/b23-18-. The first kappa shape index (κ1) is 18.4. The molecule has 0 unspecified atom stereocenters. The van der Waals surface area contributed by atoms with Crippen LogP contribution in [0.4, 0.5) is 0 Å². The molecule has 3 rings (SSSR count). The fourth-order valence-corrected chi connectivity index (χ4v) is 3.49. The lowest BCUT2D eigenvalue weighted by atomic mass is 9.80. The highest BCUT2D eigenvalue weighted by Gasteiger charge is 2.27. The minimum Gasteiger partial charge on any atom is -0.194 e. The first-order valence-corrected chi connectivity index (χ1v) is 9.39. The number of rotatable bonds is 2. The molecule has 1 heterocycles. The van der Waals surface area contributed by atoms with E-state index in [0.717, 1.165) is 0 Å². The highest BCUT2D eigenvalue weighted by molar-refractivity contribution is 5.98. The van der Waals surface area contributed by atoms with Gasteiger partial charge in [-0.25, -0.2) is 0 Å². The highest BCUT2D eigenvalue weighted by atomic mass is 15.0. The predicted octanol–water partition coefficient (Wildman–Crippen LogP) is 6.47. The molecule has 0 aliphatic rings. The van der Waals surface area contributed by atoms with E-state index in [0.29, 0.717) is 0 Å². The lowest BCUT2D eigenvalue weighted by molar-refractivity contribution is -0.755. The summed E-state index contributed by atoms with van der Waals surface area (Å²) in [7, 11) is 0. The molecule has 0 aliphatic heterocycles. The van der Waals surface area contributed by atoms with Gasteiger partial charge in [0.15, 0.2) is 11.7 Å². The minimum absolute atomic E-state index is 0.0366. The minimum atomic E-state index is 0.0366. The lowest BCUT2D eigenvalue weighted by Gasteiger charge is -2.25. The summed E-state index contributed by atoms with van der Waals surface area (Å²) in [6, 6.07) is 21.7. The maximum absolute atomic E-state index is 2.37. The molecule has 0 saturated carbocycles. The van der Waals surface area contributed by atoms with Crippen molar-refractivity contribution < 1.29 is 4.57 Å². The monoisotopic (exact) mass is 344 g/mol. The van der Waals surface area contributed by atoms with Gasteiger partial charge in [0.2, 0.25) is 5.69 Å². The molecule has 0 saturated heterocycles. The van der Waals surface area contributed by atoms with Crippen LogP contribution < -0.4 is 4.57 Å². The third kappa shape index (κ3) is 3.72. The Hall–Kier alpha value is -2.41. The van der Waals surface area contributed by atoms with Gasteiger partial charge in [-0.2, -0.15) is 4.57 Å². The third-order valence-corrected chi connectivity index (χ3v) is 4.79. The van der Waals surface area contributed by atoms with Crippen molar-refractivity contribution in [1.29, 1.82) is 0 Å². The zero-order valence-electron chi connectivity index (χ0n) is 16.9. The van der Waals surface area contributed by atoms with Crippen LogP contribution >= 0.6 is 0 Å². The highest BCUT2D eigenvalue weighted by Crippen LogP contribution is 2.38. The van der Waals surface area contributed by atoms with Crippen molar-refractivity contribution in [2.75, 3.05) is 0 Å². The molecule has 0 radical (unpaired) electrons. The summed E-state index contributed by atoms with van der Waals surface area (Å²) in [4.78, 5) is 0. The van der Waals surface area contributed by atoms with Gasteiger partial charge < -0.3 is 0 Å². The Bertz CT molecular complexity index is 944. The van der Waals surface area contributed by atoms with Crippen molar-refractivity contribution in [3.05, 3.63) is 78.1 Å². The van der Waals surface area contributed by atoms with Crippen molar-refractivity contribution in [1.82, 2.24) is 0 Å². The van der Waals surface area contributed by atoms with Gasteiger partial charge in [0, 0.05) is 39.0 Å². The van der Waals surface area contributed by atoms with E-state index in [1.54, 1.807) is 0 Å². The molecule has 1 nitrogen and oxygen atoms in total. The van der Waals surface area contributed by atoms with Crippen LogP contribution in [-0.4, -0.2) is 0 Å². The molecular formula is C25H30N+. The number of aromatic nitrogens is 1. The third-order valence-electron chi connectivity index (χ3n) is 4.79. The van der Waals surface area contributed by atoms with E-state index in [1.165, 1.54) is 27.6 Å². The van der Waals surface area contributed by atoms with Gasteiger partial charge in [-0.1, -0.05) is 63.2 Å². The molecule has 1 heteroatoms. The topological polar surface area (TPSA) is 3.88 Å². The molecule has 0 atom stereocenters. The van der Waals surface area contributed by atoms with E-state index < -0.39 is 0 Å². The first-order chi connectivity index (χ1) is 12.2. The number of allylic oxidation sites excluding steroid dienone is 1. The molecule has 0 amide bonds. The van der Waals surface area contributed by atoms with Gasteiger partial charge in [0.1, 0.15) is 0 Å². The number of hydrogen-bond donors (Lipinski definition) is 0. The van der Waals surface area contributed by atoms with Crippen LogP contribution in [-0.2, 0) is 5.54 Å². The normalized spacial score (nSPS) is 13.2. The van der Waals surface area contributed by atoms with E-state index in [2.05, 4.69) is 119 Å². The van der Waals surface area contributed by atoms with Crippen LogP contribution in [0.2, 0.25) is 0 Å². The Balaban J connectivity index is 2.28. The van der Waals surface area contributed by atoms with Crippen molar-refractivity contribution in [2.45, 2.75) is 47.1 Å². The molecule has 0 spiro atoms. The van der Waals surface area contributed by atoms with Crippen molar-refractivity contribution in [3.63, 3.8) is 0 Å². The molecule has 0 bridgehead atoms. The van der Waals surface area contributed by atoms with Gasteiger partial charge in [0.05, 0.1) is 0 Å². The quantitative estimate of drug-likeness (QED) is 0.469. The van der Waals surface area contributed by atoms with Gasteiger partial charge in [-0.3, -0.25) is 0 Å². The van der Waals surface area contributed by atoms with E-state index in [4.69, 9.17) is 0 Å². The maximum atomic E-state index is 2.37. The number of fused-ring (bicyclic) bond motifs is 1. The van der Waals surface area contributed by atoms with E-state index >= 15 is 0 Å². The predicted molar refractivity (Wildman–Crippen MR) is 113 cm³/mol. The summed E-state index contributed by atoms with van der Waals surface area (Å²) in [5, 5.41) is 2.60. The fraction of sp³-hybridized carbons (Fsp3) is 0.320. The number of benzene rings is 2. The maximum Gasteiger partial charge on any atom is 0.205 e. The smallest absolute Gasteiger partial charge is 0.194 e. The second-order valence-electron chi connectivity index (χ2n) is 9.00. The number of nitrogens with zero attached hydrogens (tertiary/aromatic N) is 1. The van der Waals surface area contributed by atoms with Crippen LogP contribution in [0.1, 0.15) is 52.8 Å². The summed E-state index contributed by atoms with van der Waals surface area (Å²) in [5.74, 6) is 0. The molecule has 2 aromatic carbocycles. The van der Waals surface area contributed by atoms with Gasteiger partial charge in [-0.05, 0) is 33.4 Å². The second-order valence-corrected chi connectivity index (χ2v) is 9.00. The molecule has 26 heavy (non-hydrogen) atoms. The van der Waals surface area contributed by atoms with Gasteiger partial charge in [0.25, 0.3) is 0 Å². The average Bonchev–Trinajstić information content (AvgIpc) is 2.58. The molecule has 3 aromatic rings. The lowest BCUT2D eigenvalue weighted by Crippen LogP contribution is -2.52. The summed E-state index contributed by atoms with van der Waals surface area (Å²) in [5.41, 5.74) is 3.99. The summed E-state index contributed by atoms with van der Waals surface area (Å²) >= 11 is 0. The zero-order valence-corrected chi connectivity index (χ0v) is 16.9. The fourth-order valence-electron chi connectivity index (χ4n) is 3.49. The molecular weight excluding hydrogens is 314 g/mol. The SMILES string of the molecule is CC(C)(C)/C(=C\c1cccc[n+]1C(C)(C)C)c1cccc2ccccc12. The van der Waals surface area contributed by atoms with Crippen molar-refractivity contribution in [2.24, 2.45) is 5.41 Å². The Morgan fingerprint density at radius 3 is 2.12 bits per heavy atom. The van der Waals surface area contributed by atoms with E-state index in [9.17, 15) is 0 Å². The largest absolute Gasteiger partial charge is 0.205 e. The van der Waals surface area contributed by atoms with E-state index in [-0.39, 0.29) is 11.0 Å². The zero-order chi connectivity index (χ0) is 18.9. The molecule has 0 aliphatic carbocycles. The Morgan fingerprint density at radius 2 is 1.42 bits per heavy atom. The molecule has 0 fully saturated rings. The Labute approximate surface area is 158 Å². The van der Waals surface area contributed by atoms with E-state index in [1.807, 2.05) is 0 Å².